The number of halogens is 6. The maximum absolute atomic E-state index is 16.7. The molecular formula is C52H48F6O15S2. The third kappa shape index (κ3) is 8.27. The van der Waals surface area contributed by atoms with Gasteiger partial charge in [-0.15, -0.1) is 0 Å². The van der Waals surface area contributed by atoms with Crippen LogP contribution in [0.3, 0.4) is 0 Å². The molecule has 2 unspecified atom stereocenters. The van der Waals surface area contributed by atoms with Gasteiger partial charge in [-0.05, 0) is 71.5 Å². The molecule has 0 amide bonds. The zero-order chi connectivity index (χ0) is 54.8. The van der Waals surface area contributed by atoms with Crippen LogP contribution in [0.4, 0.5) is 26.3 Å². The fourth-order valence-corrected chi connectivity index (χ4v) is 14.4. The van der Waals surface area contributed by atoms with E-state index in [2.05, 4.69) is 0 Å². The van der Waals surface area contributed by atoms with Gasteiger partial charge < -0.3 is 45.2 Å². The molecule has 2 heterocycles. The Kier molecular flexibility index (Phi) is 13.5. The van der Waals surface area contributed by atoms with Crippen LogP contribution in [0.5, 0.6) is 0 Å². The lowest BCUT2D eigenvalue weighted by Gasteiger charge is -2.42. The average molecular weight is 1090 g/mol. The van der Waals surface area contributed by atoms with Gasteiger partial charge in [-0.25, -0.2) is 26.4 Å². The summed E-state index contributed by atoms with van der Waals surface area (Å²) in [5, 5.41) is 71.2. The van der Waals surface area contributed by atoms with Crippen LogP contribution in [-0.4, -0.2) is 137 Å². The number of benzene rings is 4. The first-order chi connectivity index (χ1) is 35.0. The van der Waals surface area contributed by atoms with Gasteiger partial charge in [0.1, 0.15) is 24.4 Å². The molecular weight excluding hydrogens is 1040 g/mol. The zero-order valence-electron chi connectivity index (χ0n) is 39.7. The van der Waals surface area contributed by atoms with Gasteiger partial charge in [-0.1, -0.05) is 69.3 Å². The maximum atomic E-state index is 16.7. The molecule has 2 fully saturated rings. The Hall–Kier alpha value is -5.76. The summed E-state index contributed by atoms with van der Waals surface area (Å²) in [7, 11) is -9.86. The fourth-order valence-electron chi connectivity index (χ4n) is 10.7. The Morgan fingerprint density at radius 1 is 0.533 bits per heavy atom. The summed E-state index contributed by atoms with van der Waals surface area (Å²) >= 11 is 0. The van der Waals surface area contributed by atoms with E-state index >= 15 is 26.3 Å². The number of hydrogen-bond acceptors (Lipinski definition) is 15. The average Bonchev–Trinajstić information content (AvgIpc) is 3.77. The van der Waals surface area contributed by atoms with Crippen LogP contribution in [0.15, 0.2) is 116 Å². The number of hydrogen-bond donors (Lipinski definition) is 7. The molecule has 9 rings (SSSR count). The van der Waals surface area contributed by atoms with Crippen LogP contribution in [0.25, 0.3) is 33.4 Å². The second kappa shape index (κ2) is 18.8. The minimum absolute atomic E-state index is 0.0614. The molecule has 0 aromatic heterocycles. The maximum Gasteiger partial charge on any atom is 0.380 e. The quantitative estimate of drug-likeness (QED) is 0.0734. The van der Waals surface area contributed by atoms with Crippen molar-refractivity contribution in [3.8, 4) is 22.3 Å². The highest BCUT2D eigenvalue weighted by atomic mass is 32.2. The monoisotopic (exact) mass is 1090 g/mol. The van der Waals surface area contributed by atoms with Crippen molar-refractivity contribution in [3.63, 3.8) is 0 Å². The summed E-state index contributed by atoms with van der Waals surface area (Å²) in [6.45, 7) is 3.73. The molecule has 0 spiro atoms. The molecule has 400 valence electrons. The highest BCUT2D eigenvalue weighted by Gasteiger charge is 2.81. The first-order valence-corrected chi connectivity index (χ1v) is 26.5. The van der Waals surface area contributed by atoms with Crippen molar-refractivity contribution in [3.05, 3.63) is 128 Å². The second-order valence-corrected chi connectivity index (χ2v) is 23.1. The molecule has 4 aromatic rings. The van der Waals surface area contributed by atoms with Gasteiger partial charge in [0.05, 0.1) is 55.1 Å². The fraction of sp³-hybridized carbons (Fsp3) is 0.385. The number of aliphatic hydroxyl groups is 7. The molecule has 0 bridgehead atoms. The number of carbonyl (C=O) groups excluding carboxylic acids is 2. The lowest BCUT2D eigenvalue weighted by molar-refractivity contribution is -0.263. The number of fused-ring (bicyclic) bond motifs is 2. The summed E-state index contributed by atoms with van der Waals surface area (Å²) in [5.74, 6) is -20.9. The lowest BCUT2D eigenvalue weighted by Crippen LogP contribution is -2.61. The van der Waals surface area contributed by atoms with Crippen LogP contribution in [0, 0.1) is 5.92 Å². The van der Waals surface area contributed by atoms with Crippen LogP contribution >= 0.6 is 0 Å². The first-order valence-electron chi connectivity index (χ1n) is 23.6. The highest BCUT2D eigenvalue weighted by molar-refractivity contribution is 7.96. The van der Waals surface area contributed by atoms with E-state index < -0.39 is 176 Å². The van der Waals surface area contributed by atoms with E-state index in [9.17, 15) is 62.2 Å². The van der Waals surface area contributed by atoms with Crippen molar-refractivity contribution in [2.45, 2.75) is 129 Å². The molecule has 23 heteroatoms. The molecule has 10 atom stereocenters. The van der Waals surface area contributed by atoms with Gasteiger partial charge in [0.2, 0.25) is 19.7 Å². The van der Waals surface area contributed by atoms with Gasteiger partial charge in [0.25, 0.3) is 0 Å². The molecule has 7 N–H and O–H groups in total. The SMILES string of the molecule is CCC1=C(C2=C(C3=C(CC)S(=O)(=O)c4cc(-c5ccc(C(=O)O[C@H]6[C@@H](C)[C@H](O)[C@@H](O)[C@H](O)[C@H]6O)cc5)ccc43)C(F)(F)C(F)(F)C2(F)F)c2ccc(-c3ccc(C(=O)OC4[C@H](O)CC(O)C[C@@H]4O)cc3)cc2S1(=O)=O. The minimum atomic E-state index is -6.24. The largest absolute Gasteiger partial charge is 0.456 e. The third-order valence-electron chi connectivity index (χ3n) is 14.7. The normalized spacial score (nSPS) is 30.0. The Labute approximate surface area is 424 Å². The van der Waals surface area contributed by atoms with Crippen LogP contribution in [0.2, 0.25) is 0 Å². The van der Waals surface area contributed by atoms with Gasteiger partial charge in [0.15, 0.2) is 6.10 Å². The van der Waals surface area contributed by atoms with E-state index in [1.807, 2.05) is 0 Å². The first kappa shape index (κ1) is 54.0. The van der Waals surface area contributed by atoms with Crippen molar-refractivity contribution >= 4 is 42.8 Å². The number of ether oxygens (including phenoxy) is 2. The predicted molar refractivity (Wildman–Crippen MR) is 253 cm³/mol. The topological polar surface area (TPSA) is 262 Å². The van der Waals surface area contributed by atoms with Crippen molar-refractivity contribution in [2.24, 2.45) is 5.92 Å². The molecule has 0 saturated heterocycles. The van der Waals surface area contributed by atoms with E-state index in [0.717, 1.165) is 24.3 Å². The van der Waals surface area contributed by atoms with Crippen molar-refractivity contribution in [1.82, 2.24) is 0 Å². The second-order valence-electron chi connectivity index (χ2n) is 19.2. The predicted octanol–water partition coefficient (Wildman–Crippen LogP) is 5.77. The number of allylic oxidation sites excluding steroid dienone is 6. The zero-order valence-corrected chi connectivity index (χ0v) is 41.3. The summed E-state index contributed by atoms with van der Waals surface area (Å²) in [5.41, 5.74) is -7.44. The summed E-state index contributed by atoms with van der Waals surface area (Å²) < 4.78 is 167. The summed E-state index contributed by atoms with van der Waals surface area (Å²) in [4.78, 5) is 22.8. The Bertz CT molecular complexity index is 3330. The van der Waals surface area contributed by atoms with Gasteiger partial charge in [-0.3, -0.25) is 0 Å². The Balaban J connectivity index is 1.09. The Morgan fingerprint density at radius 2 is 0.893 bits per heavy atom. The molecule has 0 radical (unpaired) electrons. The van der Waals surface area contributed by atoms with E-state index in [4.69, 9.17) is 9.47 Å². The molecule has 2 saturated carbocycles. The van der Waals surface area contributed by atoms with E-state index in [1.54, 1.807) is 0 Å². The Morgan fingerprint density at radius 3 is 1.28 bits per heavy atom. The molecule has 2 aliphatic heterocycles. The molecule has 75 heavy (non-hydrogen) atoms. The van der Waals surface area contributed by atoms with E-state index in [1.165, 1.54) is 81.4 Å². The number of sulfone groups is 2. The van der Waals surface area contributed by atoms with Crippen LogP contribution in [0.1, 0.15) is 78.3 Å². The van der Waals surface area contributed by atoms with Gasteiger partial charge in [-0.2, -0.15) is 26.3 Å². The van der Waals surface area contributed by atoms with Crippen molar-refractivity contribution < 1.29 is 98.0 Å². The lowest BCUT2D eigenvalue weighted by atomic mass is 9.79. The molecule has 15 nitrogen and oxygen atoms in total. The number of carbonyl (C=O) groups is 2. The van der Waals surface area contributed by atoms with Gasteiger partial charge >= 0.3 is 29.7 Å². The highest BCUT2D eigenvalue weighted by Crippen LogP contribution is 2.68. The third-order valence-corrected chi connectivity index (χ3v) is 18.8. The van der Waals surface area contributed by atoms with Crippen LogP contribution in [-0.2, 0) is 29.1 Å². The number of aliphatic hydroxyl groups excluding tert-OH is 7. The number of esters is 2. The van der Waals surface area contributed by atoms with E-state index in [0.29, 0.717) is 0 Å². The van der Waals surface area contributed by atoms with Crippen molar-refractivity contribution in [2.75, 3.05) is 0 Å². The summed E-state index contributed by atoms with van der Waals surface area (Å²) in [6, 6.07) is 16.6. The standard InChI is InChI=1S/C52H48F6O15S2/c1-4-34-38(30-16-14-27(18-36(30)74(34,68)69)23-6-10-25(11-7-23)48(66)72-46-22(3)42(62)43(63)44(64)45(46)65)40-41(51(55,56)52(57,58)50(40,53)54)39-31-17-15-28(19-37(31)75(70,71)35(39)5-2)24-8-12-26(13-9-24)49(67)73-47-32(60)20-29(59)21-33(47)61/h6-19,22,29,32-33,42-47,59-65H,4-5,20-21H2,1-3H3/t22-,29?,32-,33+,42-,43+,44-,45+,46-,47?/m0/s1. The molecule has 5 aliphatic rings. The molecule has 3 aliphatic carbocycles. The smallest absolute Gasteiger partial charge is 0.380 e. The van der Waals surface area contributed by atoms with Crippen molar-refractivity contribution in [1.29, 1.82) is 0 Å². The van der Waals surface area contributed by atoms with E-state index in [-0.39, 0.29) is 46.2 Å². The number of rotatable bonds is 10. The number of alkyl halides is 6. The molecule has 4 aromatic carbocycles. The van der Waals surface area contributed by atoms with Crippen LogP contribution < -0.4 is 0 Å². The summed E-state index contributed by atoms with van der Waals surface area (Å²) in [6.07, 6.45) is -15.1. The van der Waals surface area contributed by atoms with Gasteiger partial charge in [0, 0.05) is 52.2 Å². The minimum Gasteiger partial charge on any atom is -0.456 e.